The van der Waals surface area contributed by atoms with Crippen LogP contribution in [0.1, 0.15) is 103 Å². The van der Waals surface area contributed by atoms with Gasteiger partial charge in [0.25, 0.3) is 0 Å². The minimum atomic E-state index is -1.10. The van der Waals surface area contributed by atoms with Gasteiger partial charge in [-0.05, 0) is 139 Å². The zero-order valence-electron chi connectivity index (χ0n) is 29.7. The van der Waals surface area contributed by atoms with E-state index in [0.29, 0.717) is 25.7 Å². The zero-order valence-corrected chi connectivity index (χ0v) is 30.7. The standard InChI is InChI=1S/2C20H22N4O2.Co/c2*25-19(26)20-8-7-17(24-20)11-15-4-3-13(22-15)9-12-1-2-14(21-12)10-16-5-6-18(20)23-16;/h2*9-11,18,22H,1-8H2,(H,25,26);/b2*13-9-,14-10-,15-11-;. The van der Waals surface area contributed by atoms with Gasteiger partial charge in [0, 0.05) is 85.2 Å². The Hall–Kier alpha value is -4.49. The van der Waals surface area contributed by atoms with Crippen LogP contribution >= 0.6 is 0 Å². The number of nitrogens with zero attached hydrogens (tertiary/aromatic N) is 6. The summed E-state index contributed by atoms with van der Waals surface area (Å²) in [5.41, 5.74) is 10.5. The molecule has 53 heavy (non-hydrogen) atoms. The Labute approximate surface area is 318 Å². The molecule has 0 aromatic carbocycles. The van der Waals surface area contributed by atoms with Crippen molar-refractivity contribution in [3.63, 3.8) is 0 Å². The summed E-state index contributed by atoms with van der Waals surface area (Å²) in [6.07, 6.45) is 25.7. The second kappa shape index (κ2) is 14.1. The number of hydrogen-bond acceptors (Lipinski definition) is 10. The van der Waals surface area contributed by atoms with Crippen LogP contribution in [0.25, 0.3) is 0 Å². The molecule has 2 saturated heterocycles. The summed E-state index contributed by atoms with van der Waals surface area (Å²) in [6.45, 7) is 0. The van der Waals surface area contributed by atoms with Gasteiger partial charge in [-0.25, -0.2) is 9.59 Å². The molecule has 277 valence electrons. The van der Waals surface area contributed by atoms with E-state index in [9.17, 15) is 19.8 Å². The molecule has 0 aromatic rings. The van der Waals surface area contributed by atoms with Gasteiger partial charge < -0.3 is 20.8 Å². The molecule has 13 heteroatoms. The quantitative estimate of drug-likeness (QED) is 0.275. The molecule has 4 N–H and O–H groups in total. The topological polar surface area (TPSA) is 173 Å². The van der Waals surface area contributed by atoms with Gasteiger partial charge in [-0.1, -0.05) is 0 Å². The Morgan fingerprint density at radius 2 is 0.906 bits per heavy atom. The zero-order chi connectivity index (χ0) is 35.5. The number of nitrogens with one attached hydrogen (secondary N) is 2. The minimum absolute atomic E-state index is 0. The molecule has 1 radical (unpaired) electrons. The molecule has 0 amide bonds. The number of allylic oxidation sites excluding steroid dienone is 12. The molecule has 0 aliphatic carbocycles. The number of aliphatic carboxylic acids is 2. The third-order valence-electron chi connectivity index (χ3n) is 11.9. The van der Waals surface area contributed by atoms with Crippen LogP contribution in [0.15, 0.2) is 101 Å². The van der Waals surface area contributed by atoms with Gasteiger partial charge in [0.05, 0.1) is 12.1 Å². The Kier molecular flexibility index (Phi) is 9.42. The summed E-state index contributed by atoms with van der Waals surface area (Å²) in [5, 5.41) is 26.9. The third kappa shape index (κ3) is 6.89. The SMILES string of the molecule is O=C(O)C12CCC(=N1)/C=C1/CC/C(=C/C3=NC(=C\C4=NC2CC4)/CC3)N1.O=C(O)C12CCC(=N1)/C=C1/CC/C(=C/C3=NC(=C\C4=NC2CC4)/CC3)N1.[Co]. The van der Waals surface area contributed by atoms with E-state index >= 15 is 0 Å². The molecule has 0 aromatic heterocycles. The summed E-state index contributed by atoms with van der Waals surface area (Å²) < 4.78 is 0. The van der Waals surface area contributed by atoms with Gasteiger partial charge in [-0.2, -0.15) is 0 Å². The first-order chi connectivity index (χ1) is 25.2. The van der Waals surface area contributed by atoms with E-state index in [1.54, 1.807) is 0 Å². The Balaban J connectivity index is 0.000000148. The van der Waals surface area contributed by atoms with Crippen molar-refractivity contribution in [2.45, 2.75) is 126 Å². The molecule has 4 atom stereocenters. The Morgan fingerprint density at radius 1 is 0.509 bits per heavy atom. The number of rotatable bonds is 2. The normalized spacial score (nSPS) is 37.7. The van der Waals surface area contributed by atoms with E-state index in [4.69, 9.17) is 30.0 Å². The first-order valence-corrected chi connectivity index (χ1v) is 18.9. The van der Waals surface area contributed by atoms with Gasteiger partial charge in [0.1, 0.15) is 0 Å². The number of carbonyl (C=O) groups is 2. The fraction of sp³-hybridized carbons (Fsp3) is 0.500. The van der Waals surface area contributed by atoms with Gasteiger partial charge in [0.15, 0.2) is 11.1 Å². The maximum Gasteiger partial charge on any atom is 0.333 e. The largest absolute Gasteiger partial charge is 0.479 e. The molecule has 4 unspecified atom stereocenters. The molecule has 2 fully saturated rings. The number of aliphatic imine (C=N–C) groups is 6. The molecular weight excluding hydrogens is 715 g/mol. The fourth-order valence-electron chi connectivity index (χ4n) is 9.14. The predicted octanol–water partition coefficient (Wildman–Crippen LogP) is 5.86. The predicted molar refractivity (Wildman–Crippen MR) is 202 cm³/mol. The average Bonchev–Trinajstić information content (AvgIpc) is 3.96. The Morgan fingerprint density at radius 3 is 1.30 bits per heavy atom. The molecule has 0 spiro atoms. The number of fused-ring (bicyclic) bond motifs is 12. The number of carboxylic acids is 2. The molecule has 0 saturated carbocycles. The van der Waals surface area contributed by atoms with Crippen molar-refractivity contribution in [3.05, 3.63) is 70.6 Å². The maximum atomic E-state index is 12.1. The van der Waals surface area contributed by atoms with E-state index in [1.165, 1.54) is 11.4 Å². The fourth-order valence-corrected chi connectivity index (χ4v) is 9.14. The average molecular weight is 760 g/mol. The van der Waals surface area contributed by atoms with Crippen LogP contribution in [0, 0.1) is 0 Å². The van der Waals surface area contributed by atoms with E-state index in [1.807, 2.05) is 12.2 Å². The minimum Gasteiger partial charge on any atom is -0.479 e. The third-order valence-corrected chi connectivity index (χ3v) is 11.9. The summed E-state index contributed by atoms with van der Waals surface area (Å²) in [4.78, 5) is 52.7. The first-order valence-electron chi connectivity index (χ1n) is 18.9. The van der Waals surface area contributed by atoms with Crippen LogP contribution in [-0.2, 0) is 26.4 Å². The van der Waals surface area contributed by atoms with Gasteiger partial charge >= 0.3 is 11.9 Å². The molecular formula is C40H44CoN8O4. The van der Waals surface area contributed by atoms with E-state index < -0.39 is 23.0 Å². The summed E-state index contributed by atoms with van der Waals surface area (Å²) in [7, 11) is 0. The van der Waals surface area contributed by atoms with Gasteiger partial charge in [-0.15, -0.1) is 0 Å². The first kappa shape index (κ1) is 35.5. The Bertz CT molecular complexity index is 1900. The van der Waals surface area contributed by atoms with Crippen molar-refractivity contribution >= 4 is 46.2 Å². The molecule has 10 aliphatic heterocycles. The monoisotopic (exact) mass is 759 g/mol. The van der Waals surface area contributed by atoms with Crippen molar-refractivity contribution in [2.75, 3.05) is 0 Å². The van der Waals surface area contributed by atoms with Crippen molar-refractivity contribution in [3.8, 4) is 0 Å². The van der Waals surface area contributed by atoms with E-state index in [-0.39, 0.29) is 28.9 Å². The van der Waals surface area contributed by atoms with Crippen molar-refractivity contribution in [2.24, 2.45) is 30.0 Å². The van der Waals surface area contributed by atoms with E-state index in [2.05, 4.69) is 34.9 Å². The summed E-state index contributed by atoms with van der Waals surface area (Å²) in [6, 6.07) is -0.550. The second-order valence-corrected chi connectivity index (χ2v) is 15.4. The molecule has 12 nitrogen and oxygen atoms in total. The van der Waals surface area contributed by atoms with Crippen LogP contribution in [0.2, 0.25) is 0 Å². The summed E-state index contributed by atoms with van der Waals surface area (Å²) >= 11 is 0. The van der Waals surface area contributed by atoms with Crippen LogP contribution in [-0.4, -0.2) is 79.6 Å². The van der Waals surface area contributed by atoms with Crippen LogP contribution < -0.4 is 10.6 Å². The van der Waals surface area contributed by atoms with Crippen LogP contribution in [0.5, 0.6) is 0 Å². The van der Waals surface area contributed by atoms with Gasteiger partial charge in [0.2, 0.25) is 0 Å². The second-order valence-electron chi connectivity index (χ2n) is 15.4. The number of carboxylic acid groups (broad SMARTS) is 2. The van der Waals surface area contributed by atoms with Crippen LogP contribution in [0.3, 0.4) is 0 Å². The van der Waals surface area contributed by atoms with Crippen molar-refractivity contribution in [1.29, 1.82) is 0 Å². The maximum absolute atomic E-state index is 12.1. The van der Waals surface area contributed by atoms with Crippen LogP contribution in [0.4, 0.5) is 0 Å². The van der Waals surface area contributed by atoms with Crippen molar-refractivity contribution in [1.82, 2.24) is 10.6 Å². The number of hydrogen-bond donors (Lipinski definition) is 4. The molecule has 10 rings (SSSR count). The smallest absolute Gasteiger partial charge is 0.333 e. The summed E-state index contributed by atoms with van der Waals surface area (Å²) in [5.74, 6) is -1.70. The van der Waals surface area contributed by atoms with E-state index in [0.717, 1.165) is 134 Å². The molecule has 16 bridgehead atoms. The molecule has 10 heterocycles. The van der Waals surface area contributed by atoms with Gasteiger partial charge in [-0.3, -0.25) is 30.0 Å². The van der Waals surface area contributed by atoms with Crippen molar-refractivity contribution < 1.29 is 36.6 Å². The molecule has 10 aliphatic rings.